The lowest BCUT2D eigenvalue weighted by atomic mass is 9.77. The third-order valence-corrected chi connectivity index (χ3v) is 6.78. The first-order valence-electron chi connectivity index (χ1n) is 9.72. The van der Waals surface area contributed by atoms with Gasteiger partial charge in [0.05, 0.1) is 5.52 Å². The van der Waals surface area contributed by atoms with Gasteiger partial charge in [0, 0.05) is 9.86 Å². The molecule has 1 aromatic heterocycles. The molecule has 0 N–H and O–H groups in total. The van der Waals surface area contributed by atoms with Crippen molar-refractivity contribution in [2.24, 2.45) is 0 Å². The average Bonchev–Trinajstić information content (AvgIpc) is 3.12. The first-order valence-corrected chi connectivity index (χ1v) is 11.6. The van der Waals surface area contributed by atoms with E-state index in [2.05, 4.69) is 152 Å². The summed E-state index contributed by atoms with van der Waals surface area (Å²) >= 11 is 5.96. The highest BCUT2D eigenvalue weighted by molar-refractivity contribution is 14.1. The SMILES string of the molecule is Brc1ccc2c(c1)c(I)nn2C(c1ccccc1)(c1ccccc1)c1ccccc1. The van der Waals surface area contributed by atoms with Crippen LogP contribution in [0.1, 0.15) is 16.7 Å². The monoisotopic (exact) mass is 564 g/mol. The molecule has 4 heteroatoms. The van der Waals surface area contributed by atoms with Gasteiger partial charge in [0.1, 0.15) is 9.24 Å². The molecule has 1 heterocycles. The van der Waals surface area contributed by atoms with E-state index < -0.39 is 5.54 Å². The van der Waals surface area contributed by atoms with Gasteiger partial charge in [-0.3, -0.25) is 0 Å². The minimum absolute atomic E-state index is 0.598. The minimum atomic E-state index is -0.598. The first-order chi connectivity index (χ1) is 14.7. The Balaban J connectivity index is 1.98. The summed E-state index contributed by atoms with van der Waals surface area (Å²) in [5, 5.41) is 6.25. The van der Waals surface area contributed by atoms with Crippen LogP contribution in [0.2, 0.25) is 0 Å². The summed E-state index contributed by atoms with van der Waals surface area (Å²) in [6.07, 6.45) is 0. The zero-order valence-corrected chi connectivity index (χ0v) is 19.8. The maximum absolute atomic E-state index is 5.12. The molecule has 146 valence electrons. The van der Waals surface area contributed by atoms with Crippen molar-refractivity contribution in [1.82, 2.24) is 9.78 Å². The van der Waals surface area contributed by atoms with Gasteiger partial charge < -0.3 is 0 Å². The van der Waals surface area contributed by atoms with Crippen molar-refractivity contribution >= 4 is 49.4 Å². The standard InChI is InChI=1S/C26H18BrIN2/c27-22-16-17-24-23(18-22)25(28)29-30(24)26(19-10-4-1-5-11-19,20-12-6-2-7-13-20)21-14-8-3-9-15-21/h1-18H. The fourth-order valence-corrected chi connectivity index (χ4v) is 5.22. The van der Waals surface area contributed by atoms with E-state index in [1.54, 1.807) is 0 Å². The second kappa shape index (κ2) is 8.00. The summed E-state index contributed by atoms with van der Waals surface area (Å²) in [5.74, 6) is 0. The van der Waals surface area contributed by atoms with Gasteiger partial charge in [0.2, 0.25) is 0 Å². The van der Waals surface area contributed by atoms with E-state index in [0.29, 0.717) is 0 Å². The van der Waals surface area contributed by atoms with E-state index in [1.807, 2.05) is 0 Å². The van der Waals surface area contributed by atoms with Crippen LogP contribution in [0.4, 0.5) is 0 Å². The van der Waals surface area contributed by atoms with Crippen molar-refractivity contribution in [3.05, 3.63) is 134 Å². The molecular weight excluding hydrogens is 547 g/mol. The second-order valence-electron chi connectivity index (χ2n) is 7.17. The topological polar surface area (TPSA) is 17.8 Å². The van der Waals surface area contributed by atoms with Crippen LogP contribution in [0.25, 0.3) is 10.9 Å². The van der Waals surface area contributed by atoms with E-state index in [4.69, 9.17) is 5.10 Å². The van der Waals surface area contributed by atoms with Crippen LogP contribution < -0.4 is 0 Å². The Morgan fingerprint density at radius 3 is 1.60 bits per heavy atom. The summed E-state index contributed by atoms with van der Waals surface area (Å²) in [6, 6.07) is 38.3. The van der Waals surface area contributed by atoms with E-state index in [1.165, 1.54) is 16.7 Å². The molecule has 0 aliphatic carbocycles. The summed E-state index contributed by atoms with van der Waals surface area (Å²) in [6.45, 7) is 0. The number of fused-ring (bicyclic) bond motifs is 1. The zero-order valence-electron chi connectivity index (χ0n) is 16.0. The van der Waals surface area contributed by atoms with Crippen molar-refractivity contribution in [2.45, 2.75) is 5.54 Å². The molecule has 30 heavy (non-hydrogen) atoms. The molecule has 0 unspecified atom stereocenters. The van der Waals surface area contributed by atoms with Gasteiger partial charge in [-0.25, -0.2) is 4.68 Å². The molecule has 5 rings (SSSR count). The number of aromatic nitrogens is 2. The van der Waals surface area contributed by atoms with Gasteiger partial charge >= 0.3 is 0 Å². The predicted molar refractivity (Wildman–Crippen MR) is 135 cm³/mol. The van der Waals surface area contributed by atoms with Gasteiger partial charge in [-0.2, -0.15) is 5.10 Å². The molecule has 0 amide bonds. The average molecular weight is 565 g/mol. The van der Waals surface area contributed by atoms with Crippen LogP contribution in [0.5, 0.6) is 0 Å². The fourth-order valence-electron chi connectivity index (χ4n) is 4.21. The predicted octanol–water partition coefficient (Wildman–Crippen LogP) is 7.24. The molecule has 0 radical (unpaired) electrons. The van der Waals surface area contributed by atoms with Crippen LogP contribution in [-0.2, 0) is 5.54 Å². The molecule has 0 bridgehead atoms. The van der Waals surface area contributed by atoms with Gasteiger partial charge in [-0.1, -0.05) is 107 Å². The number of hydrogen-bond acceptors (Lipinski definition) is 1. The Labute approximate surface area is 197 Å². The number of benzene rings is 4. The van der Waals surface area contributed by atoms with E-state index in [0.717, 1.165) is 19.1 Å². The van der Waals surface area contributed by atoms with E-state index in [9.17, 15) is 0 Å². The molecule has 0 spiro atoms. The van der Waals surface area contributed by atoms with Gasteiger partial charge in [-0.05, 0) is 57.5 Å². The number of rotatable bonds is 4. The normalized spacial score (nSPS) is 11.7. The molecule has 0 aliphatic rings. The summed E-state index contributed by atoms with van der Waals surface area (Å²) < 4.78 is 4.23. The Morgan fingerprint density at radius 2 is 1.13 bits per heavy atom. The van der Waals surface area contributed by atoms with Crippen molar-refractivity contribution in [1.29, 1.82) is 0 Å². The fraction of sp³-hybridized carbons (Fsp3) is 0.0385. The maximum atomic E-state index is 5.12. The highest BCUT2D eigenvalue weighted by Gasteiger charge is 2.40. The highest BCUT2D eigenvalue weighted by atomic mass is 127. The van der Waals surface area contributed by atoms with Crippen LogP contribution in [0.3, 0.4) is 0 Å². The highest BCUT2D eigenvalue weighted by Crippen LogP contribution is 2.43. The Hall–Kier alpha value is -2.44. The van der Waals surface area contributed by atoms with Crippen LogP contribution >= 0.6 is 38.5 Å². The Kier molecular flexibility index (Phi) is 5.21. The largest absolute Gasteiger partial charge is 0.244 e. The molecular formula is C26H18BrIN2. The molecule has 4 aromatic carbocycles. The number of hydrogen-bond donors (Lipinski definition) is 0. The summed E-state index contributed by atoms with van der Waals surface area (Å²) in [5.41, 5.74) is 4.02. The molecule has 0 atom stereocenters. The van der Waals surface area contributed by atoms with Crippen molar-refractivity contribution in [3.63, 3.8) is 0 Å². The van der Waals surface area contributed by atoms with Gasteiger partial charge in [0.15, 0.2) is 0 Å². The van der Waals surface area contributed by atoms with Crippen molar-refractivity contribution in [3.8, 4) is 0 Å². The lowest BCUT2D eigenvalue weighted by molar-refractivity contribution is 0.473. The summed E-state index contributed by atoms with van der Waals surface area (Å²) in [7, 11) is 0. The quantitative estimate of drug-likeness (QED) is 0.166. The zero-order chi connectivity index (χ0) is 20.6. The van der Waals surface area contributed by atoms with Gasteiger partial charge in [0.25, 0.3) is 0 Å². The molecule has 5 aromatic rings. The van der Waals surface area contributed by atoms with E-state index in [-0.39, 0.29) is 0 Å². The Bertz CT molecular complexity index is 1200. The smallest absolute Gasteiger partial charge is 0.138 e. The molecule has 0 aliphatic heterocycles. The van der Waals surface area contributed by atoms with Crippen LogP contribution in [-0.4, -0.2) is 9.78 Å². The number of halogens is 2. The third kappa shape index (κ3) is 3.10. The van der Waals surface area contributed by atoms with Crippen LogP contribution in [0, 0.1) is 3.70 Å². The number of nitrogens with zero attached hydrogens (tertiary/aromatic N) is 2. The van der Waals surface area contributed by atoms with Gasteiger partial charge in [-0.15, -0.1) is 0 Å². The lowest BCUT2D eigenvalue weighted by Gasteiger charge is -2.37. The van der Waals surface area contributed by atoms with Crippen molar-refractivity contribution in [2.75, 3.05) is 0 Å². The van der Waals surface area contributed by atoms with E-state index >= 15 is 0 Å². The lowest BCUT2D eigenvalue weighted by Crippen LogP contribution is -2.38. The Morgan fingerprint density at radius 1 is 0.667 bits per heavy atom. The van der Waals surface area contributed by atoms with Crippen molar-refractivity contribution < 1.29 is 0 Å². The first kappa shape index (κ1) is 19.5. The molecule has 0 saturated carbocycles. The third-order valence-electron chi connectivity index (χ3n) is 5.49. The summed E-state index contributed by atoms with van der Waals surface area (Å²) in [4.78, 5) is 0. The minimum Gasteiger partial charge on any atom is -0.244 e. The molecule has 0 fully saturated rings. The second-order valence-corrected chi connectivity index (χ2v) is 9.11. The maximum Gasteiger partial charge on any atom is 0.138 e. The van der Waals surface area contributed by atoms with Crippen LogP contribution in [0.15, 0.2) is 114 Å². The molecule has 0 saturated heterocycles. The molecule has 2 nitrogen and oxygen atoms in total.